The summed E-state index contributed by atoms with van der Waals surface area (Å²) in [5, 5.41) is 9.32. The van der Waals surface area contributed by atoms with Crippen LogP contribution in [0, 0.1) is 12.8 Å². The largest absolute Gasteiger partial charge is 0.342 e. The van der Waals surface area contributed by atoms with Gasteiger partial charge in [0.05, 0.1) is 16.9 Å². The van der Waals surface area contributed by atoms with Crippen LogP contribution in [0.5, 0.6) is 0 Å². The minimum atomic E-state index is 0.517. The predicted octanol–water partition coefficient (Wildman–Crippen LogP) is 2.56. The van der Waals surface area contributed by atoms with Gasteiger partial charge in [-0.15, -0.1) is 0 Å². The number of hydrogen-bond donors (Lipinski definition) is 0. The summed E-state index contributed by atoms with van der Waals surface area (Å²) in [6.45, 7) is 6.83. The third-order valence-electron chi connectivity index (χ3n) is 3.33. The zero-order valence-electron chi connectivity index (χ0n) is 13.5. The highest BCUT2D eigenvalue weighted by Gasteiger charge is 2.16. The van der Waals surface area contributed by atoms with Crippen LogP contribution in [0.4, 0.5) is 5.13 Å². The summed E-state index contributed by atoms with van der Waals surface area (Å²) >= 11 is 1.63. The van der Waals surface area contributed by atoms with Gasteiger partial charge < -0.3 is 9.42 Å². The summed E-state index contributed by atoms with van der Waals surface area (Å²) in [4.78, 5) is 11.1. The van der Waals surface area contributed by atoms with E-state index in [0.29, 0.717) is 18.4 Å². The van der Waals surface area contributed by atoms with Crippen molar-refractivity contribution in [1.82, 2.24) is 24.9 Å². The van der Waals surface area contributed by atoms with E-state index in [1.165, 1.54) is 0 Å². The SMILES string of the molecule is Cc1nn(C)c2nc(N(C)Cc3nc(CC(C)C)no3)sc12. The molecule has 3 rings (SSSR count). The summed E-state index contributed by atoms with van der Waals surface area (Å²) < 4.78 is 8.25. The molecule has 0 bridgehead atoms. The molecule has 7 nitrogen and oxygen atoms in total. The summed E-state index contributed by atoms with van der Waals surface area (Å²) in [6, 6.07) is 0. The molecule has 0 amide bonds. The van der Waals surface area contributed by atoms with Crippen molar-refractivity contribution in [3.8, 4) is 0 Å². The molecule has 0 aliphatic carbocycles. The molecule has 0 radical (unpaired) electrons. The number of aryl methyl sites for hydroxylation is 2. The maximum absolute atomic E-state index is 5.32. The number of anilines is 1. The molecule has 0 aliphatic heterocycles. The first-order valence-corrected chi connectivity index (χ1v) is 8.08. The molecular weight excluding hydrogens is 300 g/mol. The van der Waals surface area contributed by atoms with Crippen LogP contribution in [0.3, 0.4) is 0 Å². The summed E-state index contributed by atoms with van der Waals surface area (Å²) in [7, 11) is 3.89. The minimum absolute atomic E-state index is 0.517. The lowest BCUT2D eigenvalue weighted by Gasteiger charge is -2.12. The second-order valence-electron chi connectivity index (χ2n) is 5.92. The van der Waals surface area contributed by atoms with Crippen molar-refractivity contribution in [1.29, 1.82) is 0 Å². The van der Waals surface area contributed by atoms with Crippen molar-refractivity contribution in [2.24, 2.45) is 13.0 Å². The highest BCUT2D eigenvalue weighted by molar-refractivity contribution is 7.22. The van der Waals surface area contributed by atoms with Gasteiger partial charge in [0.1, 0.15) is 0 Å². The van der Waals surface area contributed by atoms with Gasteiger partial charge in [0.15, 0.2) is 16.6 Å². The second kappa shape index (κ2) is 5.68. The highest BCUT2D eigenvalue weighted by Crippen LogP contribution is 2.30. The van der Waals surface area contributed by atoms with Crippen LogP contribution in [0.2, 0.25) is 0 Å². The number of nitrogens with zero attached hydrogens (tertiary/aromatic N) is 6. The van der Waals surface area contributed by atoms with Crippen molar-refractivity contribution in [2.45, 2.75) is 33.7 Å². The Morgan fingerprint density at radius 3 is 2.77 bits per heavy atom. The van der Waals surface area contributed by atoms with E-state index in [2.05, 4.69) is 34.1 Å². The average Bonchev–Trinajstić information content (AvgIpc) is 3.09. The standard InChI is InChI=1S/C14H20N6OS/c1-8(2)6-10-15-11(21-18-10)7-19(4)14-16-13-12(22-14)9(3)17-20(13)5/h8H,6-7H2,1-5H3. The van der Waals surface area contributed by atoms with E-state index in [4.69, 9.17) is 4.52 Å². The molecular formula is C14H20N6OS. The third-order valence-corrected chi connectivity index (χ3v) is 4.60. The number of thiazole rings is 1. The Kier molecular flexibility index (Phi) is 3.86. The Morgan fingerprint density at radius 1 is 1.32 bits per heavy atom. The Balaban J connectivity index is 1.76. The van der Waals surface area contributed by atoms with Gasteiger partial charge in [0.2, 0.25) is 5.89 Å². The molecule has 0 fully saturated rings. The smallest absolute Gasteiger partial charge is 0.246 e. The van der Waals surface area contributed by atoms with E-state index in [-0.39, 0.29) is 0 Å². The van der Waals surface area contributed by atoms with E-state index in [0.717, 1.165) is 33.4 Å². The highest BCUT2D eigenvalue weighted by atomic mass is 32.1. The average molecular weight is 320 g/mol. The van der Waals surface area contributed by atoms with Crippen molar-refractivity contribution < 1.29 is 4.52 Å². The normalized spacial score (nSPS) is 11.7. The number of hydrogen-bond acceptors (Lipinski definition) is 7. The van der Waals surface area contributed by atoms with Crippen LogP contribution in [0.25, 0.3) is 10.3 Å². The molecule has 0 saturated carbocycles. The van der Waals surface area contributed by atoms with E-state index < -0.39 is 0 Å². The lowest BCUT2D eigenvalue weighted by Crippen LogP contribution is -2.16. The molecule has 22 heavy (non-hydrogen) atoms. The Bertz CT molecular complexity index is 752. The zero-order valence-corrected chi connectivity index (χ0v) is 14.3. The quantitative estimate of drug-likeness (QED) is 0.719. The van der Waals surface area contributed by atoms with Crippen LogP contribution >= 0.6 is 11.3 Å². The van der Waals surface area contributed by atoms with E-state index >= 15 is 0 Å². The van der Waals surface area contributed by atoms with Gasteiger partial charge in [0, 0.05) is 20.5 Å². The molecule has 0 atom stereocenters. The molecule has 3 aromatic heterocycles. The first kappa shape index (κ1) is 15.0. The lowest BCUT2D eigenvalue weighted by atomic mass is 10.1. The topological polar surface area (TPSA) is 72.9 Å². The van der Waals surface area contributed by atoms with Gasteiger partial charge in [-0.1, -0.05) is 30.3 Å². The monoisotopic (exact) mass is 320 g/mol. The number of rotatable bonds is 5. The molecule has 0 unspecified atom stereocenters. The van der Waals surface area contributed by atoms with Gasteiger partial charge >= 0.3 is 0 Å². The Morgan fingerprint density at radius 2 is 2.09 bits per heavy atom. The maximum Gasteiger partial charge on any atom is 0.246 e. The van der Waals surface area contributed by atoms with Crippen molar-refractivity contribution >= 4 is 26.8 Å². The molecule has 0 aromatic carbocycles. The van der Waals surface area contributed by atoms with Gasteiger partial charge in [-0.05, 0) is 12.8 Å². The van der Waals surface area contributed by atoms with Gasteiger partial charge in [-0.25, -0.2) is 9.67 Å². The van der Waals surface area contributed by atoms with Crippen LogP contribution in [0.1, 0.15) is 31.3 Å². The van der Waals surface area contributed by atoms with Gasteiger partial charge in [0.25, 0.3) is 0 Å². The molecule has 0 spiro atoms. The van der Waals surface area contributed by atoms with Crippen LogP contribution in [-0.2, 0) is 20.0 Å². The van der Waals surface area contributed by atoms with E-state index in [1.54, 1.807) is 11.3 Å². The van der Waals surface area contributed by atoms with Crippen LogP contribution in [0.15, 0.2) is 4.52 Å². The summed E-state index contributed by atoms with van der Waals surface area (Å²) in [5.41, 5.74) is 1.92. The molecule has 118 valence electrons. The zero-order chi connectivity index (χ0) is 15.9. The van der Waals surface area contributed by atoms with Crippen molar-refractivity contribution in [3.05, 3.63) is 17.4 Å². The van der Waals surface area contributed by atoms with Crippen molar-refractivity contribution in [3.63, 3.8) is 0 Å². The summed E-state index contributed by atoms with van der Waals surface area (Å²) in [5.74, 6) is 1.90. The molecule has 3 aromatic rings. The molecule has 0 aliphatic rings. The molecule has 0 N–H and O–H groups in total. The Hall–Kier alpha value is -1.96. The van der Waals surface area contributed by atoms with Crippen LogP contribution < -0.4 is 4.90 Å². The van der Waals surface area contributed by atoms with Crippen molar-refractivity contribution in [2.75, 3.05) is 11.9 Å². The fourth-order valence-electron chi connectivity index (χ4n) is 2.31. The second-order valence-corrected chi connectivity index (χ2v) is 6.89. The molecule has 8 heteroatoms. The third kappa shape index (κ3) is 2.83. The van der Waals surface area contributed by atoms with Crippen LogP contribution in [-0.4, -0.2) is 32.0 Å². The fraction of sp³-hybridized carbons (Fsp3) is 0.571. The number of fused-ring (bicyclic) bond motifs is 1. The maximum atomic E-state index is 5.32. The summed E-state index contributed by atoms with van der Waals surface area (Å²) in [6.07, 6.45) is 0.833. The molecule has 3 heterocycles. The first-order chi connectivity index (χ1) is 10.4. The first-order valence-electron chi connectivity index (χ1n) is 7.26. The molecule has 0 saturated heterocycles. The van der Waals surface area contributed by atoms with Gasteiger partial charge in [-0.3, -0.25) is 0 Å². The predicted molar refractivity (Wildman–Crippen MR) is 86.1 cm³/mol. The lowest BCUT2D eigenvalue weighted by molar-refractivity contribution is 0.370. The van der Waals surface area contributed by atoms with E-state index in [9.17, 15) is 0 Å². The van der Waals surface area contributed by atoms with E-state index in [1.807, 2.05) is 30.6 Å². The van der Waals surface area contributed by atoms with Gasteiger partial charge in [-0.2, -0.15) is 10.1 Å². The number of aromatic nitrogens is 5. The fourth-order valence-corrected chi connectivity index (χ4v) is 3.30. The Labute approximate surface area is 133 Å². The minimum Gasteiger partial charge on any atom is -0.342 e.